The maximum absolute atomic E-state index is 5.39. The average molecular weight is 267 g/mol. The van der Waals surface area contributed by atoms with Gasteiger partial charge in [-0.3, -0.25) is 9.67 Å². The van der Waals surface area contributed by atoms with Crippen LogP contribution in [0.2, 0.25) is 0 Å². The largest absolute Gasteiger partial charge is 0.494 e. The van der Waals surface area contributed by atoms with Crippen LogP contribution in [0.1, 0.15) is 12.6 Å². The molecule has 0 saturated carbocycles. The molecule has 0 N–H and O–H groups in total. The first-order valence-electron chi connectivity index (χ1n) is 6.70. The quantitative estimate of drug-likeness (QED) is 0.730. The fraction of sp³-hybridized carbons (Fsp3) is 0.250. The molecule has 2 heterocycles. The van der Waals surface area contributed by atoms with Crippen LogP contribution in [0.4, 0.5) is 0 Å². The number of methoxy groups -OCH3 is 1. The highest BCUT2D eigenvalue weighted by atomic mass is 16.5. The average Bonchev–Trinajstić information content (AvgIpc) is 2.87. The van der Waals surface area contributed by atoms with E-state index in [0.717, 1.165) is 40.0 Å². The van der Waals surface area contributed by atoms with Crippen LogP contribution in [-0.2, 0) is 6.54 Å². The van der Waals surface area contributed by atoms with Crippen molar-refractivity contribution in [2.24, 2.45) is 0 Å². The Morgan fingerprint density at radius 2 is 2.05 bits per heavy atom. The molecular formula is C16H17N3O. The number of nitrogens with zero attached hydrogens (tertiary/aromatic N) is 3. The lowest BCUT2D eigenvalue weighted by atomic mass is 10.0. The molecule has 0 saturated heterocycles. The van der Waals surface area contributed by atoms with Gasteiger partial charge >= 0.3 is 0 Å². The zero-order chi connectivity index (χ0) is 14.1. The number of ether oxygens (including phenoxy) is 1. The first-order valence-corrected chi connectivity index (χ1v) is 6.70. The third kappa shape index (κ3) is 1.93. The number of aromatic nitrogens is 3. The minimum atomic E-state index is 0.796. The number of fused-ring (bicyclic) bond motifs is 1. The number of aryl methyl sites for hydroxylation is 2. The lowest BCUT2D eigenvalue weighted by Crippen LogP contribution is -1.93. The van der Waals surface area contributed by atoms with Crippen molar-refractivity contribution < 1.29 is 4.74 Å². The molecule has 4 heteroatoms. The Kier molecular flexibility index (Phi) is 3.14. The molecule has 4 nitrogen and oxygen atoms in total. The molecule has 102 valence electrons. The van der Waals surface area contributed by atoms with E-state index in [-0.39, 0.29) is 0 Å². The van der Waals surface area contributed by atoms with E-state index in [1.165, 1.54) is 0 Å². The van der Waals surface area contributed by atoms with Crippen molar-refractivity contribution in [3.05, 3.63) is 42.4 Å². The van der Waals surface area contributed by atoms with Crippen LogP contribution in [0, 0.1) is 6.92 Å². The van der Waals surface area contributed by atoms with E-state index < -0.39 is 0 Å². The summed E-state index contributed by atoms with van der Waals surface area (Å²) in [6, 6.07) is 8.06. The maximum atomic E-state index is 5.39. The molecule has 0 unspecified atom stereocenters. The van der Waals surface area contributed by atoms with Crippen LogP contribution in [-0.4, -0.2) is 21.9 Å². The van der Waals surface area contributed by atoms with Crippen LogP contribution in [0.3, 0.4) is 0 Å². The topological polar surface area (TPSA) is 39.9 Å². The molecule has 1 aromatic carbocycles. The van der Waals surface area contributed by atoms with Crippen LogP contribution in [0.25, 0.3) is 22.0 Å². The van der Waals surface area contributed by atoms with Gasteiger partial charge in [0.05, 0.1) is 12.8 Å². The van der Waals surface area contributed by atoms with Crippen LogP contribution in [0.15, 0.2) is 36.7 Å². The number of rotatable bonds is 3. The Hall–Kier alpha value is -2.36. The number of hydrogen-bond acceptors (Lipinski definition) is 3. The monoisotopic (exact) mass is 267 g/mol. The normalized spacial score (nSPS) is 10.9. The van der Waals surface area contributed by atoms with Gasteiger partial charge in [-0.2, -0.15) is 5.10 Å². The van der Waals surface area contributed by atoms with Gasteiger partial charge in [0.1, 0.15) is 11.3 Å². The zero-order valence-electron chi connectivity index (χ0n) is 11.9. The second-order valence-electron chi connectivity index (χ2n) is 4.70. The third-order valence-electron chi connectivity index (χ3n) is 3.51. The molecular weight excluding hydrogens is 250 g/mol. The smallest absolute Gasteiger partial charge is 0.145 e. The molecule has 0 amide bonds. The van der Waals surface area contributed by atoms with Crippen molar-refractivity contribution in [2.75, 3.05) is 7.11 Å². The Morgan fingerprint density at radius 1 is 1.20 bits per heavy atom. The first kappa shape index (κ1) is 12.7. The van der Waals surface area contributed by atoms with Gasteiger partial charge in [-0.1, -0.05) is 6.07 Å². The summed E-state index contributed by atoms with van der Waals surface area (Å²) in [5.41, 5.74) is 4.21. The van der Waals surface area contributed by atoms with Crippen LogP contribution in [0.5, 0.6) is 5.75 Å². The minimum Gasteiger partial charge on any atom is -0.494 e. The lowest BCUT2D eigenvalue weighted by Gasteiger charge is -2.09. The van der Waals surface area contributed by atoms with E-state index in [1.54, 1.807) is 13.3 Å². The predicted molar refractivity (Wildman–Crippen MR) is 79.9 cm³/mol. The van der Waals surface area contributed by atoms with E-state index in [0.29, 0.717) is 0 Å². The summed E-state index contributed by atoms with van der Waals surface area (Å²) in [6.45, 7) is 4.99. The predicted octanol–water partition coefficient (Wildman–Crippen LogP) is 3.44. The number of hydrogen-bond donors (Lipinski definition) is 0. The van der Waals surface area contributed by atoms with Crippen molar-refractivity contribution in [3.8, 4) is 16.9 Å². The van der Waals surface area contributed by atoms with E-state index in [4.69, 9.17) is 4.74 Å². The molecule has 0 fully saturated rings. The Labute approximate surface area is 118 Å². The zero-order valence-corrected chi connectivity index (χ0v) is 11.9. The molecule has 0 atom stereocenters. The lowest BCUT2D eigenvalue weighted by molar-refractivity contribution is 0.419. The molecule has 3 rings (SSSR count). The van der Waals surface area contributed by atoms with Gasteiger partial charge in [0.15, 0.2) is 0 Å². The molecule has 20 heavy (non-hydrogen) atoms. The van der Waals surface area contributed by atoms with E-state index >= 15 is 0 Å². The van der Waals surface area contributed by atoms with Gasteiger partial charge in [-0.25, -0.2) is 0 Å². The maximum Gasteiger partial charge on any atom is 0.145 e. The fourth-order valence-electron chi connectivity index (χ4n) is 2.49. The summed E-state index contributed by atoms with van der Waals surface area (Å²) >= 11 is 0. The van der Waals surface area contributed by atoms with Gasteiger partial charge in [-0.05, 0) is 37.6 Å². The van der Waals surface area contributed by atoms with Crippen molar-refractivity contribution in [1.29, 1.82) is 0 Å². The Bertz CT molecular complexity index is 762. The molecule has 2 aromatic heterocycles. The first-order chi connectivity index (χ1) is 9.74. The number of pyridine rings is 1. The molecule has 0 radical (unpaired) electrons. The molecule has 0 aliphatic carbocycles. The van der Waals surface area contributed by atoms with Gasteiger partial charge in [0, 0.05) is 29.9 Å². The highest BCUT2D eigenvalue weighted by Gasteiger charge is 2.13. The summed E-state index contributed by atoms with van der Waals surface area (Å²) in [7, 11) is 1.67. The van der Waals surface area contributed by atoms with Gasteiger partial charge in [0.2, 0.25) is 0 Å². The fourth-order valence-corrected chi connectivity index (χ4v) is 2.49. The van der Waals surface area contributed by atoms with Gasteiger partial charge < -0.3 is 4.74 Å². The Balaban J connectivity index is 2.29. The van der Waals surface area contributed by atoms with Crippen LogP contribution >= 0.6 is 0 Å². The Morgan fingerprint density at radius 3 is 2.75 bits per heavy atom. The summed E-state index contributed by atoms with van der Waals surface area (Å²) in [6.07, 6.45) is 3.88. The van der Waals surface area contributed by atoms with Crippen molar-refractivity contribution in [1.82, 2.24) is 14.8 Å². The second kappa shape index (κ2) is 4.96. The van der Waals surface area contributed by atoms with Gasteiger partial charge in [0.25, 0.3) is 0 Å². The second-order valence-corrected chi connectivity index (χ2v) is 4.70. The SMILES string of the molecule is CCn1cc(-c2ccc(OC)c3ncccc23)c(C)n1. The highest BCUT2D eigenvalue weighted by Crippen LogP contribution is 2.34. The van der Waals surface area contributed by atoms with Gasteiger partial charge in [-0.15, -0.1) is 0 Å². The van der Waals surface area contributed by atoms with E-state index in [1.807, 2.05) is 23.7 Å². The minimum absolute atomic E-state index is 0.796. The highest BCUT2D eigenvalue weighted by molar-refractivity contribution is 5.98. The summed E-state index contributed by atoms with van der Waals surface area (Å²) in [5, 5.41) is 5.61. The summed E-state index contributed by atoms with van der Waals surface area (Å²) in [5.74, 6) is 0.796. The van der Waals surface area contributed by atoms with Crippen LogP contribution < -0.4 is 4.74 Å². The summed E-state index contributed by atoms with van der Waals surface area (Å²) < 4.78 is 7.35. The molecule has 0 aliphatic rings. The van der Waals surface area contributed by atoms with E-state index in [9.17, 15) is 0 Å². The molecule has 0 aliphatic heterocycles. The summed E-state index contributed by atoms with van der Waals surface area (Å²) in [4.78, 5) is 4.44. The number of benzene rings is 1. The molecule has 3 aromatic rings. The van der Waals surface area contributed by atoms with Crippen molar-refractivity contribution in [3.63, 3.8) is 0 Å². The standard InChI is InChI=1S/C16H17N3O/c1-4-19-10-14(11(2)18-19)12-7-8-15(20-3)16-13(12)6-5-9-17-16/h5-10H,4H2,1-3H3. The van der Waals surface area contributed by atoms with E-state index in [2.05, 4.69) is 35.3 Å². The molecule has 0 bridgehead atoms. The van der Waals surface area contributed by atoms with Crippen molar-refractivity contribution in [2.45, 2.75) is 20.4 Å². The third-order valence-corrected chi connectivity index (χ3v) is 3.51. The molecule has 0 spiro atoms. The van der Waals surface area contributed by atoms with Crippen molar-refractivity contribution >= 4 is 10.9 Å².